The highest BCUT2D eigenvalue weighted by atomic mass is 19.2. The first-order chi connectivity index (χ1) is 8.61. The maximum atomic E-state index is 13.4. The smallest absolute Gasteiger partial charge is 0.412 e. The summed E-state index contributed by atoms with van der Waals surface area (Å²) in [5.74, 6) is -4.55. The van der Waals surface area contributed by atoms with Crippen LogP contribution in [0.4, 0.5) is 19.3 Å². The topological polar surface area (TPSA) is 75.6 Å². The van der Waals surface area contributed by atoms with E-state index < -0.39 is 34.9 Å². The van der Waals surface area contributed by atoms with Crippen LogP contribution in [0.3, 0.4) is 0 Å². The number of halogens is 2. The third-order valence-corrected chi connectivity index (χ3v) is 1.94. The van der Waals surface area contributed by atoms with Gasteiger partial charge in [-0.3, -0.25) is 5.32 Å². The first kappa shape index (κ1) is 14.9. The van der Waals surface area contributed by atoms with Crippen LogP contribution in [0.1, 0.15) is 31.1 Å². The molecule has 5 nitrogen and oxygen atoms in total. The number of benzene rings is 1. The van der Waals surface area contributed by atoms with Crippen molar-refractivity contribution in [3.8, 4) is 0 Å². The van der Waals surface area contributed by atoms with Crippen molar-refractivity contribution >= 4 is 17.7 Å². The van der Waals surface area contributed by atoms with Gasteiger partial charge in [0.2, 0.25) is 0 Å². The van der Waals surface area contributed by atoms with Crippen LogP contribution in [0, 0.1) is 11.6 Å². The lowest BCUT2D eigenvalue weighted by Gasteiger charge is -2.20. The highest BCUT2D eigenvalue weighted by Crippen LogP contribution is 2.22. The fourth-order valence-corrected chi connectivity index (χ4v) is 1.28. The summed E-state index contributed by atoms with van der Waals surface area (Å²) < 4.78 is 31.2. The predicted octanol–water partition coefficient (Wildman–Crippen LogP) is 3.01. The Morgan fingerprint density at radius 3 is 2.32 bits per heavy atom. The summed E-state index contributed by atoms with van der Waals surface area (Å²) in [7, 11) is 0. The van der Waals surface area contributed by atoms with Crippen LogP contribution < -0.4 is 5.32 Å². The minimum Gasteiger partial charge on any atom is -0.478 e. The lowest BCUT2D eigenvalue weighted by atomic mass is 10.1. The molecule has 1 amide bonds. The number of amides is 1. The molecule has 0 aromatic heterocycles. The van der Waals surface area contributed by atoms with E-state index in [0.717, 1.165) is 6.07 Å². The first-order valence-electron chi connectivity index (χ1n) is 5.33. The van der Waals surface area contributed by atoms with Crippen LogP contribution >= 0.6 is 0 Å². The number of carboxylic acids is 1. The number of carbonyl (C=O) groups is 2. The number of carbonyl (C=O) groups excluding carboxylic acids is 1. The number of ether oxygens (including phenoxy) is 1. The van der Waals surface area contributed by atoms with Crippen LogP contribution in [0.15, 0.2) is 12.1 Å². The lowest BCUT2D eigenvalue weighted by molar-refractivity contribution is 0.0636. The molecule has 0 aliphatic heterocycles. The fourth-order valence-electron chi connectivity index (χ4n) is 1.28. The second-order valence-electron chi connectivity index (χ2n) is 4.72. The quantitative estimate of drug-likeness (QED) is 0.868. The Hall–Kier alpha value is -2.18. The van der Waals surface area contributed by atoms with Crippen molar-refractivity contribution in [1.82, 2.24) is 0 Å². The molecule has 0 aliphatic rings. The summed E-state index contributed by atoms with van der Waals surface area (Å²) in [5, 5.41) is 10.9. The van der Waals surface area contributed by atoms with E-state index in [1.165, 1.54) is 0 Å². The molecule has 1 rings (SSSR count). The van der Waals surface area contributed by atoms with Gasteiger partial charge in [-0.25, -0.2) is 18.4 Å². The number of carboxylic acid groups (broad SMARTS) is 1. The van der Waals surface area contributed by atoms with E-state index in [0.29, 0.717) is 6.07 Å². The molecule has 0 saturated heterocycles. The Morgan fingerprint density at radius 1 is 1.26 bits per heavy atom. The summed E-state index contributed by atoms with van der Waals surface area (Å²) in [6.45, 7) is 4.82. The van der Waals surface area contributed by atoms with Crippen molar-refractivity contribution in [2.75, 3.05) is 5.32 Å². The maximum absolute atomic E-state index is 13.4. The van der Waals surface area contributed by atoms with E-state index in [2.05, 4.69) is 5.32 Å². The van der Waals surface area contributed by atoms with Gasteiger partial charge in [0.15, 0.2) is 11.6 Å². The standard InChI is InChI=1S/C12H13F2NO4/c1-12(2,3)19-11(18)15-7-5-4-6(13)9(14)8(7)10(16)17/h4-5H,1-3H3,(H,15,18)(H,16,17). The molecule has 104 valence electrons. The lowest BCUT2D eigenvalue weighted by Crippen LogP contribution is -2.28. The van der Waals surface area contributed by atoms with Gasteiger partial charge in [0.05, 0.1) is 5.69 Å². The number of rotatable bonds is 2. The summed E-state index contributed by atoms with van der Waals surface area (Å²) >= 11 is 0. The van der Waals surface area contributed by atoms with Crippen molar-refractivity contribution in [3.05, 3.63) is 29.3 Å². The van der Waals surface area contributed by atoms with E-state index in [4.69, 9.17) is 9.84 Å². The molecule has 0 fully saturated rings. The van der Waals surface area contributed by atoms with Gasteiger partial charge in [-0.1, -0.05) is 0 Å². The molecule has 0 bridgehead atoms. The summed E-state index contributed by atoms with van der Waals surface area (Å²) in [6.07, 6.45) is -0.957. The van der Waals surface area contributed by atoms with E-state index >= 15 is 0 Å². The monoisotopic (exact) mass is 273 g/mol. The summed E-state index contributed by atoms with van der Waals surface area (Å²) in [5.41, 5.74) is -2.13. The summed E-state index contributed by atoms with van der Waals surface area (Å²) in [4.78, 5) is 22.3. The zero-order chi connectivity index (χ0) is 14.8. The molecule has 1 aromatic carbocycles. The number of aromatic carboxylic acids is 1. The summed E-state index contributed by atoms with van der Waals surface area (Å²) in [6, 6.07) is 1.67. The minimum absolute atomic E-state index is 0.374. The van der Waals surface area contributed by atoms with Gasteiger partial charge >= 0.3 is 12.1 Å². The Labute approximate surface area is 108 Å². The van der Waals surface area contributed by atoms with Gasteiger partial charge in [-0.2, -0.15) is 0 Å². The molecular formula is C12H13F2NO4. The van der Waals surface area contributed by atoms with Crippen molar-refractivity contribution in [2.24, 2.45) is 0 Å². The van der Waals surface area contributed by atoms with Crippen LogP contribution in [0.2, 0.25) is 0 Å². The van der Waals surface area contributed by atoms with Crippen molar-refractivity contribution in [3.63, 3.8) is 0 Å². The second-order valence-corrected chi connectivity index (χ2v) is 4.72. The largest absolute Gasteiger partial charge is 0.478 e. The predicted molar refractivity (Wildman–Crippen MR) is 63.2 cm³/mol. The second kappa shape index (κ2) is 5.21. The zero-order valence-corrected chi connectivity index (χ0v) is 10.6. The van der Waals surface area contributed by atoms with E-state index in [-0.39, 0.29) is 5.69 Å². The molecule has 2 N–H and O–H groups in total. The van der Waals surface area contributed by atoms with Crippen LogP contribution in [0.5, 0.6) is 0 Å². The SMILES string of the molecule is CC(C)(C)OC(=O)Nc1ccc(F)c(F)c1C(=O)O. The Bertz CT molecular complexity index is 523. The Kier molecular flexibility index (Phi) is 4.08. The van der Waals surface area contributed by atoms with Gasteiger partial charge < -0.3 is 9.84 Å². The number of hydrogen-bond donors (Lipinski definition) is 2. The molecular weight excluding hydrogens is 260 g/mol. The minimum atomic E-state index is -1.69. The van der Waals surface area contributed by atoms with Crippen molar-refractivity contribution < 1.29 is 28.2 Å². The van der Waals surface area contributed by atoms with Crippen LogP contribution in [-0.4, -0.2) is 22.8 Å². The number of anilines is 1. The van der Waals surface area contributed by atoms with Crippen LogP contribution in [-0.2, 0) is 4.74 Å². The maximum Gasteiger partial charge on any atom is 0.412 e. The van der Waals surface area contributed by atoms with Gasteiger partial charge in [-0.15, -0.1) is 0 Å². The van der Waals surface area contributed by atoms with E-state index in [1.54, 1.807) is 20.8 Å². The van der Waals surface area contributed by atoms with E-state index in [9.17, 15) is 18.4 Å². The van der Waals surface area contributed by atoms with Crippen LogP contribution in [0.25, 0.3) is 0 Å². The van der Waals surface area contributed by atoms with Gasteiger partial charge in [0.25, 0.3) is 0 Å². The highest BCUT2D eigenvalue weighted by molar-refractivity contribution is 5.99. The molecule has 0 radical (unpaired) electrons. The van der Waals surface area contributed by atoms with Gasteiger partial charge in [-0.05, 0) is 32.9 Å². The highest BCUT2D eigenvalue weighted by Gasteiger charge is 2.23. The Morgan fingerprint density at radius 2 is 1.84 bits per heavy atom. The molecule has 0 heterocycles. The molecule has 0 saturated carbocycles. The fraction of sp³-hybridized carbons (Fsp3) is 0.333. The van der Waals surface area contributed by atoms with Gasteiger partial charge in [0, 0.05) is 0 Å². The van der Waals surface area contributed by atoms with Gasteiger partial charge in [0.1, 0.15) is 11.2 Å². The Balaban J connectivity index is 3.05. The average molecular weight is 273 g/mol. The van der Waals surface area contributed by atoms with Crippen molar-refractivity contribution in [1.29, 1.82) is 0 Å². The third kappa shape index (κ3) is 3.90. The molecule has 0 unspecified atom stereocenters. The normalized spacial score (nSPS) is 11.0. The zero-order valence-electron chi connectivity index (χ0n) is 10.6. The molecule has 19 heavy (non-hydrogen) atoms. The average Bonchev–Trinajstić information content (AvgIpc) is 2.20. The third-order valence-electron chi connectivity index (χ3n) is 1.94. The first-order valence-corrected chi connectivity index (χ1v) is 5.33. The molecule has 7 heteroatoms. The molecule has 0 aliphatic carbocycles. The van der Waals surface area contributed by atoms with Crippen molar-refractivity contribution in [2.45, 2.75) is 26.4 Å². The number of nitrogens with one attached hydrogen (secondary N) is 1. The van der Waals surface area contributed by atoms with E-state index in [1.807, 2.05) is 0 Å². The molecule has 0 spiro atoms. The molecule has 1 aromatic rings. The molecule has 0 atom stereocenters. The number of hydrogen-bond acceptors (Lipinski definition) is 3.